The molecule has 1 aliphatic rings. The minimum atomic E-state index is -2.35. The van der Waals surface area contributed by atoms with Crippen LogP contribution in [0.15, 0.2) is 22.2 Å². The van der Waals surface area contributed by atoms with Crippen LogP contribution in [-0.4, -0.2) is 62.4 Å². The smallest absolute Gasteiger partial charge is 0.550 e. The Morgan fingerprint density at radius 2 is 2.13 bits per heavy atom. The number of alkyl halides is 1. The Kier molecular flexibility index (Phi) is 13.7. The number of aliphatic carboxylic acids is 2. The summed E-state index contributed by atoms with van der Waals surface area (Å²) in [5.74, 6) is -3.42. The molecule has 1 saturated heterocycles. The molecule has 2 heterocycles. The molecule has 1 fully saturated rings. The van der Waals surface area contributed by atoms with Crippen molar-refractivity contribution in [2.24, 2.45) is 5.11 Å². The van der Waals surface area contributed by atoms with Gasteiger partial charge < -0.3 is 40.1 Å². The molecule has 5 atom stereocenters. The van der Waals surface area contributed by atoms with Crippen molar-refractivity contribution < 1.29 is 142 Å². The van der Waals surface area contributed by atoms with Crippen LogP contribution in [0.3, 0.4) is 0 Å². The maximum Gasteiger partial charge on any atom is 1.00 e. The number of anilines is 1. The molecule has 1 aromatic rings. The quantitative estimate of drug-likeness (QED) is 0.128. The number of azide groups is 1. The number of nitrogens with one attached hydrogen (secondary N) is 1. The molecular formula is C14H15FK2N6O8. The number of aliphatic hydroxyl groups excluding tert-OH is 2. The molecule has 3 N–H and O–H groups in total. The first-order valence-corrected chi connectivity index (χ1v) is 8.08. The third kappa shape index (κ3) is 7.51. The zero-order valence-electron chi connectivity index (χ0n) is 16.5. The summed E-state index contributed by atoms with van der Waals surface area (Å²) in [4.78, 5) is 39.6. The fraction of sp³-hybridized carbons (Fsp3) is 0.571. The van der Waals surface area contributed by atoms with Crippen molar-refractivity contribution in [3.63, 3.8) is 0 Å². The van der Waals surface area contributed by atoms with Gasteiger partial charge in [0.15, 0.2) is 12.4 Å². The zero-order valence-corrected chi connectivity index (χ0v) is 22.8. The summed E-state index contributed by atoms with van der Waals surface area (Å²) < 4.78 is 20.1. The molecule has 0 amide bonds. The Morgan fingerprint density at radius 3 is 2.61 bits per heavy atom. The van der Waals surface area contributed by atoms with Crippen LogP contribution in [0.5, 0.6) is 0 Å². The van der Waals surface area contributed by atoms with Gasteiger partial charge in [-0.25, -0.2) is 9.18 Å². The molecule has 0 aromatic carbocycles. The van der Waals surface area contributed by atoms with Gasteiger partial charge in [0, 0.05) is 17.1 Å². The predicted octanol–water partition coefficient (Wildman–Crippen LogP) is -9.46. The van der Waals surface area contributed by atoms with Crippen LogP contribution in [0.25, 0.3) is 10.4 Å². The predicted molar refractivity (Wildman–Crippen MR) is 85.1 cm³/mol. The van der Waals surface area contributed by atoms with E-state index in [0.29, 0.717) is 4.57 Å². The molecule has 17 heteroatoms. The number of carbonyl (C=O) groups is 2. The largest absolute Gasteiger partial charge is 1.00 e. The van der Waals surface area contributed by atoms with Crippen LogP contribution in [0, 0.1) is 0 Å². The first-order chi connectivity index (χ1) is 13.6. The summed E-state index contributed by atoms with van der Waals surface area (Å²) in [7, 11) is 0. The number of aliphatic hydroxyl groups is 2. The van der Waals surface area contributed by atoms with E-state index >= 15 is 0 Å². The van der Waals surface area contributed by atoms with E-state index in [1.165, 1.54) is 0 Å². The van der Waals surface area contributed by atoms with Crippen LogP contribution >= 0.6 is 0 Å². The summed E-state index contributed by atoms with van der Waals surface area (Å²) in [6.45, 7) is -1.07. The van der Waals surface area contributed by atoms with Crippen LogP contribution in [0.2, 0.25) is 0 Å². The number of hydrogen-bond acceptors (Lipinski definition) is 11. The van der Waals surface area contributed by atoms with Gasteiger partial charge in [-0.05, 0) is 24.4 Å². The number of rotatable bonds is 9. The zero-order chi connectivity index (χ0) is 21.8. The van der Waals surface area contributed by atoms with Crippen molar-refractivity contribution >= 4 is 17.8 Å². The minimum Gasteiger partial charge on any atom is -0.550 e. The second-order valence-electron chi connectivity index (χ2n) is 6.02. The van der Waals surface area contributed by atoms with Gasteiger partial charge in [0.2, 0.25) is 5.72 Å². The molecule has 0 bridgehead atoms. The number of carboxylic acids is 2. The second kappa shape index (κ2) is 13.7. The molecule has 14 nitrogen and oxygen atoms in total. The molecule has 0 radical (unpaired) electrons. The van der Waals surface area contributed by atoms with Crippen LogP contribution in [0.1, 0.15) is 19.1 Å². The van der Waals surface area contributed by atoms with Crippen molar-refractivity contribution in [3.05, 3.63) is 33.2 Å². The topological polar surface area (TPSA) is 226 Å². The molecule has 0 aliphatic carbocycles. The second-order valence-corrected chi connectivity index (χ2v) is 6.02. The van der Waals surface area contributed by atoms with Gasteiger partial charge in [-0.3, -0.25) is 4.57 Å². The number of ether oxygens (including phenoxy) is 1. The number of aromatic nitrogens is 2. The van der Waals surface area contributed by atoms with Crippen molar-refractivity contribution in [1.29, 1.82) is 0 Å². The van der Waals surface area contributed by atoms with Gasteiger partial charge in [0.25, 0.3) is 0 Å². The molecule has 0 saturated carbocycles. The van der Waals surface area contributed by atoms with Gasteiger partial charge in [-0.1, -0.05) is 5.11 Å². The van der Waals surface area contributed by atoms with Crippen LogP contribution in [-0.2, 0) is 14.3 Å². The minimum absolute atomic E-state index is 0. The van der Waals surface area contributed by atoms with Crippen LogP contribution < -0.4 is 124 Å². The average Bonchev–Trinajstić information content (AvgIpc) is 2.90. The molecule has 31 heavy (non-hydrogen) atoms. The first-order valence-electron chi connectivity index (χ1n) is 8.08. The third-order valence-electron chi connectivity index (χ3n) is 4.15. The molecule has 0 unspecified atom stereocenters. The van der Waals surface area contributed by atoms with Crippen LogP contribution in [0.4, 0.5) is 10.2 Å². The average molecular weight is 493 g/mol. The number of carbonyl (C=O) groups excluding carboxylic acids is 2. The number of halogens is 1. The summed E-state index contributed by atoms with van der Waals surface area (Å²) in [5, 5.41) is 46.1. The monoisotopic (exact) mass is 492 g/mol. The van der Waals surface area contributed by atoms with E-state index in [0.717, 1.165) is 12.3 Å². The Morgan fingerprint density at radius 1 is 1.48 bits per heavy atom. The molecule has 0 spiro atoms. The Bertz CT molecular complexity index is 900. The van der Waals surface area contributed by atoms with E-state index < -0.39 is 67.3 Å². The summed E-state index contributed by atoms with van der Waals surface area (Å²) in [5.41, 5.74) is 5.05. The van der Waals surface area contributed by atoms with Crippen molar-refractivity contribution in [3.8, 4) is 0 Å². The van der Waals surface area contributed by atoms with E-state index in [2.05, 4.69) is 20.3 Å². The Labute approximate surface area is 258 Å². The van der Waals surface area contributed by atoms with E-state index in [9.17, 15) is 39.2 Å². The Balaban J connectivity index is 0.00000450. The van der Waals surface area contributed by atoms with Crippen molar-refractivity contribution in [2.45, 2.75) is 43.1 Å². The fourth-order valence-corrected chi connectivity index (χ4v) is 2.66. The van der Waals surface area contributed by atoms with Gasteiger partial charge in [-0.2, -0.15) is 4.98 Å². The SMILES string of the molecule is [K+].[K+].[N-]=[N+]=N[C@]1(CO)O[C@@H](n2ccc(N[C@@H](CCC(=O)[O-])C(=O)[O-])nc2=O)[C@@H](F)[C@@H]1O. The third-order valence-corrected chi connectivity index (χ3v) is 4.15. The Hall–Kier alpha value is 0.0127. The van der Waals surface area contributed by atoms with Crippen molar-refractivity contribution in [1.82, 2.24) is 9.55 Å². The fourth-order valence-electron chi connectivity index (χ4n) is 2.66. The normalized spacial score (nSPS) is 25.3. The van der Waals surface area contributed by atoms with E-state index in [4.69, 9.17) is 10.3 Å². The van der Waals surface area contributed by atoms with Gasteiger partial charge in [-0.15, -0.1) is 0 Å². The van der Waals surface area contributed by atoms with Crippen molar-refractivity contribution in [2.75, 3.05) is 11.9 Å². The first kappa shape index (κ1) is 31.0. The van der Waals surface area contributed by atoms with E-state index in [-0.39, 0.29) is 109 Å². The summed E-state index contributed by atoms with van der Waals surface area (Å²) in [6, 6.07) is -0.438. The molecule has 1 aromatic heterocycles. The molecular weight excluding hydrogens is 477 g/mol. The number of carboxylic acid groups (broad SMARTS) is 2. The van der Waals surface area contributed by atoms with Gasteiger partial charge in [0.05, 0.1) is 18.6 Å². The number of nitrogens with zero attached hydrogens (tertiary/aromatic N) is 5. The maximum absolute atomic E-state index is 14.4. The molecule has 1 aliphatic heterocycles. The van der Waals surface area contributed by atoms with Gasteiger partial charge >= 0.3 is 108 Å². The summed E-state index contributed by atoms with van der Waals surface area (Å²) >= 11 is 0. The summed E-state index contributed by atoms with van der Waals surface area (Å²) in [6.07, 6.45) is -6.20. The number of hydrogen-bond donors (Lipinski definition) is 3. The van der Waals surface area contributed by atoms with E-state index in [1.54, 1.807) is 0 Å². The van der Waals surface area contributed by atoms with E-state index in [1.807, 2.05) is 0 Å². The maximum atomic E-state index is 14.4. The molecule has 2 rings (SSSR count). The van der Waals surface area contributed by atoms with Gasteiger partial charge in [0.1, 0.15) is 11.9 Å². The standard InChI is InChI=1S/C14H17FN6O8.2K/c15-9-10(25)14(5-22,19-20-16)29-11(9)21-4-3-7(18-13(21)28)17-6(12(26)27)1-2-8(23)24;;/h3-4,6,9-11,22,25H,1-2,5H2,(H,23,24)(H,26,27)(H,17,18,28);;/q;2*+1/p-2/t6-,9-,10-,11+,14+;;/m0../s1. The molecule has 158 valence electrons.